The van der Waals surface area contributed by atoms with Gasteiger partial charge in [-0.05, 0) is 55.2 Å². The first-order valence-electron chi connectivity index (χ1n) is 10.7. The lowest BCUT2D eigenvalue weighted by Crippen LogP contribution is -2.32. The van der Waals surface area contributed by atoms with Crippen molar-refractivity contribution < 1.29 is 9.90 Å². The van der Waals surface area contributed by atoms with Gasteiger partial charge >= 0.3 is 5.97 Å². The third-order valence-corrected chi connectivity index (χ3v) is 6.89. The summed E-state index contributed by atoms with van der Waals surface area (Å²) in [4.78, 5) is 18.4. The Kier molecular flexibility index (Phi) is 6.64. The number of carboxylic acid groups (broad SMARTS) is 1. The molecule has 0 saturated heterocycles. The van der Waals surface area contributed by atoms with Gasteiger partial charge in [-0.3, -0.25) is 9.69 Å². The van der Waals surface area contributed by atoms with Gasteiger partial charge in [0.15, 0.2) is 0 Å². The highest BCUT2D eigenvalue weighted by Gasteiger charge is 2.25. The van der Waals surface area contributed by atoms with E-state index in [1.165, 1.54) is 32.3 Å². The Hall–Kier alpha value is -2.76. The monoisotopic (exact) mass is 432 g/mol. The number of hydrogen-bond acceptors (Lipinski definition) is 4. The smallest absolute Gasteiger partial charge is 0.317 e. The van der Waals surface area contributed by atoms with Crippen molar-refractivity contribution in [3.63, 3.8) is 0 Å². The lowest BCUT2D eigenvalue weighted by atomic mass is 10.1. The Balaban J connectivity index is 1.53. The van der Waals surface area contributed by atoms with Gasteiger partial charge in [0.25, 0.3) is 0 Å². The topological polar surface area (TPSA) is 43.8 Å². The van der Waals surface area contributed by atoms with Crippen LogP contribution in [0.1, 0.15) is 23.1 Å². The fourth-order valence-corrected chi connectivity index (χ4v) is 5.29. The highest BCUT2D eigenvalue weighted by molar-refractivity contribution is 7.99. The van der Waals surface area contributed by atoms with Crippen molar-refractivity contribution in [1.29, 1.82) is 0 Å². The van der Waals surface area contributed by atoms with Crippen LogP contribution >= 0.6 is 11.8 Å². The number of carbonyl (C=O) groups is 1. The van der Waals surface area contributed by atoms with Gasteiger partial charge in [-0.15, -0.1) is 0 Å². The fourth-order valence-electron chi connectivity index (χ4n) is 4.13. The van der Waals surface area contributed by atoms with Crippen molar-refractivity contribution >= 4 is 29.1 Å². The van der Waals surface area contributed by atoms with Crippen molar-refractivity contribution in [2.45, 2.75) is 36.6 Å². The number of carboxylic acids is 1. The lowest BCUT2D eigenvalue weighted by Gasteiger charge is -2.35. The van der Waals surface area contributed by atoms with E-state index >= 15 is 0 Å². The molecule has 0 unspecified atom stereocenters. The predicted octanol–water partition coefficient (Wildman–Crippen LogP) is 5.88. The van der Waals surface area contributed by atoms with Crippen LogP contribution in [0.3, 0.4) is 0 Å². The van der Waals surface area contributed by atoms with Crippen LogP contribution in [0.4, 0.5) is 11.4 Å². The second kappa shape index (κ2) is 9.58. The Morgan fingerprint density at radius 1 is 0.968 bits per heavy atom. The molecule has 1 heterocycles. The van der Waals surface area contributed by atoms with Crippen LogP contribution in [0, 0.1) is 13.8 Å². The molecule has 3 aromatic carbocycles. The molecule has 0 aromatic heterocycles. The molecule has 0 aliphatic carbocycles. The number of para-hydroxylation sites is 1. The molecule has 0 bridgehead atoms. The number of aryl methyl sites for hydroxylation is 1. The molecule has 1 N–H and O–H groups in total. The zero-order valence-corrected chi connectivity index (χ0v) is 18.9. The Bertz CT molecular complexity index is 1070. The minimum atomic E-state index is -0.785. The number of anilines is 2. The van der Waals surface area contributed by atoms with Crippen molar-refractivity contribution in [3.05, 3.63) is 83.4 Å². The first kappa shape index (κ1) is 21.5. The summed E-state index contributed by atoms with van der Waals surface area (Å²) in [5, 5.41) is 9.38. The largest absolute Gasteiger partial charge is 0.480 e. The summed E-state index contributed by atoms with van der Waals surface area (Å²) < 4.78 is 0. The Morgan fingerprint density at radius 2 is 1.71 bits per heavy atom. The molecule has 0 fully saturated rings. The fraction of sp³-hybridized carbons (Fsp3) is 0.269. The van der Waals surface area contributed by atoms with Crippen molar-refractivity contribution in [2.75, 3.05) is 24.5 Å². The standard InChI is InChI=1S/C26H28N2O2S/c1-19-13-14-24-26(20(19)2)28(22-11-6-7-12-23(22)31-24)16-8-15-27(18-25(29)30)17-21-9-4-3-5-10-21/h3-7,9-14H,8,15-18H2,1-2H3,(H,29,30). The molecule has 4 rings (SSSR count). The SMILES string of the molecule is Cc1ccc2c(c1C)N(CCCN(CC(=O)O)Cc1ccccc1)c1ccccc1S2. The van der Waals surface area contributed by atoms with Gasteiger partial charge in [-0.1, -0.05) is 60.3 Å². The van der Waals surface area contributed by atoms with E-state index in [0.717, 1.165) is 25.1 Å². The number of nitrogens with zero attached hydrogens (tertiary/aromatic N) is 2. The van der Waals surface area contributed by atoms with Crippen LogP contribution in [-0.4, -0.2) is 35.6 Å². The van der Waals surface area contributed by atoms with E-state index < -0.39 is 5.97 Å². The maximum atomic E-state index is 11.4. The molecule has 0 saturated carbocycles. The van der Waals surface area contributed by atoms with Gasteiger partial charge in [0.1, 0.15) is 0 Å². The van der Waals surface area contributed by atoms with Gasteiger partial charge in [-0.2, -0.15) is 0 Å². The summed E-state index contributed by atoms with van der Waals surface area (Å²) >= 11 is 1.83. The molecule has 31 heavy (non-hydrogen) atoms. The second-order valence-corrected chi connectivity index (χ2v) is 9.10. The zero-order valence-electron chi connectivity index (χ0n) is 18.0. The van der Waals surface area contributed by atoms with Gasteiger partial charge in [0, 0.05) is 29.4 Å². The maximum Gasteiger partial charge on any atom is 0.317 e. The van der Waals surface area contributed by atoms with Crippen LogP contribution in [0.15, 0.2) is 76.5 Å². The number of rotatable bonds is 8. The van der Waals surface area contributed by atoms with Gasteiger partial charge < -0.3 is 10.0 Å². The van der Waals surface area contributed by atoms with Gasteiger partial charge in [-0.25, -0.2) is 0 Å². The number of aliphatic carboxylic acids is 1. The van der Waals surface area contributed by atoms with E-state index in [1.54, 1.807) is 0 Å². The Morgan fingerprint density at radius 3 is 2.48 bits per heavy atom. The summed E-state index contributed by atoms with van der Waals surface area (Å²) in [7, 11) is 0. The molecule has 5 heteroatoms. The Labute approximate surface area is 188 Å². The number of hydrogen-bond donors (Lipinski definition) is 1. The zero-order chi connectivity index (χ0) is 21.8. The quantitative estimate of drug-likeness (QED) is 0.481. The van der Waals surface area contributed by atoms with Crippen LogP contribution in [0.2, 0.25) is 0 Å². The van der Waals surface area contributed by atoms with Crippen LogP contribution in [0.5, 0.6) is 0 Å². The normalized spacial score (nSPS) is 12.5. The van der Waals surface area contributed by atoms with Crippen LogP contribution < -0.4 is 4.90 Å². The highest BCUT2D eigenvalue weighted by atomic mass is 32.2. The lowest BCUT2D eigenvalue weighted by molar-refractivity contribution is -0.138. The molecule has 0 radical (unpaired) electrons. The first-order valence-corrected chi connectivity index (χ1v) is 11.5. The maximum absolute atomic E-state index is 11.4. The molecule has 1 aliphatic rings. The molecule has 4 nitrogen and oxygen atoms in total. The number of fused-ring (bicyclic) bond motifs is 2. The molecule has 0 spiro atoms. The van der Waals surface area contributed by atoms with E-state index in [9.17, 15) is 9.90 Å². The van der Waals surface area contributed by atoms with Crippen molar-refractivity contribution in [1.82, 2.24) is 4.90 Å². The molecular weight excluding hydrogens is 404 g/mol. The molecule has 160 valence electrons. The molecule has 1 aliphatic heterocycles. The predicted molar refractivity (Wildman–Crippen MR) is 127 cm³/mol. The summed E-state index contributed by atoms with van der Waals surface area (Å²) in [6.07, 6.45) is 0.881. The second-order valence-electron chi connectivity index (χ2n) is 8.02. The van der Waals surface area contributed by atoms with E-state index in [1.807, 2.05) is 34.9 Å². The summed E-state index contributed by atoms with van der Waals surface area (Å²) in [6, 6.07) is 23.0. The van der Waals surface area contributed by atoms with E-state index in [0.29, 0.717) is 6.54 Å². The molecule has 3 aromatic rings. The first-order chi connectivity index (χ1) is 15.0. The van der Waals surface area contributed by atoms with Crippen LogP contribution in [-0.2, 0) is 11.3 Å². The molecule has 0 atom stereocenters. The van der Waals surface area contributed by atoms with Crippen LogP contribution in [0.25, 0.3) is 0 Å². The summed E-state index contributed by atoms with van der Waals surface area (Å²) in [5.74, 6) is -0.785. The van der Waals surface area contributed by atoms with Crippen molar-refractivity contribution in [2.24, 2.45) is 0 Å². The van der Waals surface area contributed by atoms with E-state index in [2.05, 4.69) is 67.3 Å². The highest BCUT2D eigenvalue weighted by Crippen LogP contribution is 2.49. The average Bonchev–Trinajstić information content (AvgIpc) is 2.76. The minimum Gasteiger partial charge on any atom is -0.480 e. The van der Waals surface area contributed by atoms with E-state index in [-0.39, 0.29) is 6.54 Å². The third-order valence-electron chi connectivity index (χ3n) is 5.77. The minimum absolute atomic E-state index is 0.0516. The van der Waals surface area contributed by atoms with E-state index in [4.69, 9.17) is 0 Å². The van der Waals surface area contributed by atoms with Crippen molar-refractivity contribution in [3.8, 4) is 0 Å². The summed E-state index contributed by atoms with van der Waals surface area (Å²) in [6.45, 7) is 6.63. The van der Waals surface area contributed by atoms with Gasteiger partial charge in [0.2, 0.25) is 0 Å². The average molecular weight is 433 g/mol. The third kappa shape index (κ3) is 4.94. The number of benzene rings is 3. The molecule has 0 amide bonds. The van der Waals surface area contributed by atoms with Gasteiger partial charge in [0.05, 0.1) is 17.9 Å². The molecular formula is C26H28N2O2S. The summed E-state index contributed by atoms with van der Waals surface area (Å²) in [5.41, 5.74) is 6.27.